The fourth-order valence-electron chi connectivity index (χ4n) is 4.69. The molecule has 5 nitrogen and oxygen atoms in total. The van der Waals surface area contributed by atoms with Crippen LogP contribution in [0.25, 0.3) is 0 Å². The van der Waals surface area contributed by atoms with Crippen LogP contribution in [0.2, 0.25) is 10.0 Å². The van der Waals surface area contributed by atoms with Crippen LogP contribution in [0.5, 0.6) is 0 Å². The van der Waals surface area contributed by atoms with E-state index in [9.17, 15) is 9.59 Å². The molecule has 1 saturated heterocycles. The van der Waals surface area contributed by atoms with E-state index in [0.29, 0.717) is 27.7 Å². The Bertz CT molecular complexity index is 1010. The van der Waals surface area contributed by atoms with E-state index in [0.717, 1.165) is 24.8 Å². The molecule has 2 aliphatic rings. The Labute approximate surface area is 179 Å². The fraction of sp³-hybridized carbons (Fsp3) is 0.318. The Morgan fingerprint density at radius 3 is 2.34 bits per heavy atom. The second-order valence-electron chi connectivity index (χ2n) is 7.57. The van der Waals surface area contributed by atoms with Gasteiger partial charge in [-0.25, -0.2) is 9.69 Å². The summed E-state index contributed by atoms with van der Waals surface area (Å²) in [5.41, 5.74) is 0.946. The number of rotatable bonds is 2. The maximum atomic E-state index is 13.8. The highest BCUT2D eigenvalue weighted by Crippen LogP contribution is 2.49. The minimum absolute atomic E-state index is 0.148. The summed E-state index contributed by atoms with van der Waals surface area (Å²) < 4.78 is 0. The summed E-state index contributed by atoms with van der Waals surface area (Å²) in [5.74, 6) is -0.400. The maximum Gasteiger partial charge on any atom is 0.332 e. The Morgan fingerprint density at radius 1 is 1.07 bits per heavy atom. The zero-order valence-electron chi connectivity index (χ0n) is 15.9. The highest BCUT2D eigenvalue weighted by atomic mass is 35.5. The topological polar surface area (TPSA) is 64.4 Å². The number of urea groups is 1. The molecule has 29 heavy (non-hydrogen) atoms. The predicted molar refractivity (Wildman–Crippen MR) is 112 cm³/mol. The van der Waals surface area contributed by atoms with Gasteiger partial charge in [0.1, 0.15) is 5.54 Å². The molecule has 1 aliphatic carbocycles. The van der Waals surface area contributed by atoms with Crippen LogP contribution in [0.15, 0.2) is 42.5 Å². The molecule has 148 valence electrons. The first-order chi connectivity index (χ1) is 13.9. The lowest BCUT2D eigenvalue weighted by atomic mass is 9.68. The normalized spacial score (nSPS) is 24.3. The van der Waals surface area contributed by atoms with Crippen molar-refractivity contribution >= 4 is 40.8 Å². The van der Waals surface area contributed by atoms with Crippen LogP contribution in [0.3, 0.4) is 0 Å². The van der Waals surface area contributed by atoms with E-state index in [1.807, 2.05) is 12.1 Å². The summed E-state index contributed by atoms with van der Waals surface area (Å²) in [7, 11) is 1.69. The number of carbonyl (C=O) groups is 2. The summed E-state index contributed by atoms with van der Waals surface area (Å²) in [6.45, 7) is 0. The van der Waals surface area contributed by atoms with E-state index in [2.05, 4.69) is 6.07 Å². The summed E-state index contributed by atoms with van der Waals surface area (Å²) in [6, 6.07) is 13.8. The minimum atomic E-state index is -0.960. The van der Waals surface area contributed by atoms with Gasteiger partial charge in [-0.1, -0.05) is 48.2 Å². The van der Waals surface area contributed by atoms with Crippen LogP contribution >= 0.6 is 23.2 Å². The summed E-state index contributed by atoms with van der Waals surface area (Å²) >= 11 is 12.2. The monoisotopic (exact) mass is 427 g/mol. The molecule has 1 aliphatic heterocycles. The number of carbonyl (C=O) groups excluding carboxylic acids is 2. The standard InChI is InChI=1S/C22H19Cl2N3O2/c1-26-21(29)27(18-11-16(23)10-17(24)12-18)20(28)22(26)9-3-2-4-19(22)15-7-5-14(13-25)6-8-15/h5-8,10-12,19H,2-4,9H2,1H3. The second kappa shape index (κ2) is 7.37. The SMILES string of the molecule is CN1C(=O)N(c2cc(Cl)cc(Cl)c2)C(=O)C12CCCCC2c1ccc(C#N)cc1. The van der Waals surface area contributed by atoms with Crippen molar-refractivity contribution in [3.63, 3.8) is 0 Å². The number of nitrogens with zero attached hydrogens (tertiary/aromatic N) is 3. The van der Waals surface area contributed by atoms with Crippen molar-refractivity contribution in [3.8, 4) is 6.07 Å². The average molecular weight is 428 g/mol. The van der Waals surface area contributed by atoms with Gasteiger partial charge in [-0.3, -0.25) is 4.79 Å². The molecule has 3 amide bonds. The van der Waals surface area contributed by atoms with Gasteiger partial charge < -0.3 is 4.90 Å². The van der Waals surface area contributed by atoms with E-state index in [-0.39, 0.29) is 17.9 Å². The molecule has 2 atom stereocenters. The van der Waals surface area contributed by atoms with Crippen molar-refractivity contribution in [2.75, 3.05) is 11.9 Å². The van der Waals surface area contributed by atoms with Crippen LogP contribution in [0.4, 0.5) is 10.5 Å². The van der Waals surface area contributed by atoms with Crippen LogP contribution in [0.1, 0.15) is 42.7 Å². The Morgan fingerprint density at radius 2 is 1.72 bits per heavy atom. The molecule has 2 aromatic carbocycles. The van der Waals surface area contributed by atoms with E-state index < -0.39 is 5.54 Å². The fourth-order valence-corrected chi connectivity index (χ4v) is 5.20. The number of likely N-dealkylation sites (N-methyl/N-ethyl adjacent to an activating group) is 1. The van der Waals surface area contributed by atoms with Gasteiger partial charge in [-0.15, -0.1) is 0 Å². The number of amides is 3. The van der Waals surface area contributed by atoms with Crippen LogP contribution in [-0.2, 0) is 4.79 Å². The highest BCUT2D eigenvalue weighted by molar-refractivity contribution is 6.35. The molecule has 0 radical (unpaired) electrons. The molecule has 1 heterocycles. The zero-order chi connectivity index (χ0) is 20.8. The molecule has 1 spiro atoms. The minimum Gasteiger partial charge on any atom is -0.312 e. The first-order valence-corrected chi connectivity index (χ1v) is 10.2. The van der Waals surface area contributed by atoms with E-state index in [4.69, 9.17) is 28.5 Å². The average Bonchev–Trinajstić information content (AvgIpc) is 2.89. The largest absolute Gasteiger partial charge is 0.332 e. The van der Waals surface area contributed by atoms with Crippen molar-refractivity contribution in [1.29, 1.82) is 5.26 Å². The van der Waals surface area contributed by atoms with Crippen molar-refractivity contribution in [2.24, 2.45) is 0 Å². The quantitative estimate of drug-likeness (QED) is 0.605. The third-order valence-electron chi connectivity index (χ3n) is 6.08. The molecule has 4 rings (SSSR count). The van der Waals surface area contributed by atoms with Gasteiger partial charge in [0.25, 0.3) is 5.91 Å². The molecular formula is C22H19Cl2N3O2. The third-order valence-corrected chi connectivity index (χ3v) is 6.51. The zero-order valence-corrected chi connectivity index (χ0v) is 17.4. The van der Waals surface area contributed by atoms with E-state index in [1.54, 1.807) is 42.3 Å². The molecular weight excluding hydrogens is 409 g/mol. The molecule has 2 fully saturated rings. The second-order valence-corrected chi connectivity index (χ2v) is 8.44. The smallest absolute Gasteiger partial charge is 0.312 e. The number of benzene rings is 2. The Balaban J connectivity index is 1.80. The van der Waals surface area contributed by atoms with Gasteiger partial charge in [-0.2, -0.15) is 5.26 Å². The van der Waals surface area contributed by atoms with Gasteiger partial charge in [0, 0.05) is 23.0 Å². The molecule has 0 bridgehead atoms. The first-order valence-electron chi connectivity index (χ1n) is 9.47. The van der Waals surface area contributed by atoms with Gasteiger partial charge >= 0.3 is 6.03 Å². The van der Waals surface area contributed by atoms with Crippen molar-refractivity contribution < 1.29 is 9.59 Å². The Hall–Kier alpha value is -2.55. The number of halogens is 2. The van der Waals surface area contributed by atoms with Crippen molar-refractivity contribution in [3.05, 3.63) is 63.6 Å². The van der Waals surface area contributed by atoms with Gasteiger partial charge in [0.15, 0.2) is 0 Å². The van der Waals surface area contributed by atoms with Gasteiger partial charge in [0.05, 0.1) is 17.3 Å². The van der Waals surface area contributed by atoms with Crippen molar-refractivity contribution in [2.45, 2.75) is 37.1 Å². The maximum absolute atomic E-state index is 13.8. The van der Waals surface area contributed by atoms with E-state index >= 15 is 0 Å². The van der Waals surface area contributed by atoms with Crippen LogP contribution in [0, 0.1) is 11.3 Å². The van der Waals surface area contributed by atoms with Crippen molar-refractivity contribution in [1.82, 2.24) is 4.90 Å². The first kappa shape index (κ1) is 19.8. The number of nitriles is 1. The lowest BCUT2D eigenvalue weighted by Crippen LogP contribution is -2.54. The predicted octanol–water partition coefficient (Wildman–Crippen LogP) is 5.36. The summed E-state index contributed by atoms with van der Waals surface area (Å²) in [4.78, 5) is 29.7. The third kappa shape index (κ3) is 3.08. The molecule has 2 unspecified atom stereocenters. The summed E-state index contributed by atoms with van der Waals surface area (Å²) in [6.07, 6.45) is 3.22. The molecule has 0 N–H and O–H groups in total. The Kier molecular flexibility index (Phi) is 5.02. The number of imide groups is 1. The van der Waals surface area contributed by atoms with Crippen LogP contribution in [-0.4, -0.2) is 29.4 Å². The molecule has 7 heteroatoms. The molecule has 1 saturated carbocycles. The highest BCUT2D eigenvalue weighted by Gasteiger charge is 2.60. The number of hydrogen-bond donors (Lipinski definition) is 0. The lowest BCUT2D eigenvalue weighted by Gasteiger charge is -2.43. The summed E-state index contributed by atoms with van der Waals surface area (Å²) in [5, 5.41) is 9.81. The van der Waals surface area contributed by atoms with E-state index in [1.165, 1.54) is 4.90 Å². The number of anilines is 1. The van der Waals surface area contributed by atoms with Gasteiger partial charge in [-0.05, 0) is 48.7 Å². The van der Waals surface area contributed by atoms with Gasteiger partial charge in [0.2, 0.25) is 0 Å². The van der Waals surface area contributed by atoms with Crippen LogP contribution < -0.4 is 4.90 Å². The lowest BCUT2D eigenvalue weighted by molar-refractivity contribution is -0.127. The molecule has 0 aromatic heterocycles. The molecule has 2 aromatic rings. The number of hydrogen-bond acceptors (Lipinski definition) is 3.